The first kappa shape index (κ1) is 17.4. The maximum absolute atomic E-state index is 11.8. The minimum atomic E-state index is 0.109. The van der Waals surface area contributed by atoms with Crippen LogP contribution in [0.2, 0.25) is 0 Å². The molecule has 2 aromatic rings. The Morgan fingerprint density at radius 1 is 1.09 bits per heavy atom. The molecule has 1 N–H and O–H groups in total. The van der Waals surface area contributed by atoms with Crippen LogP contribution in [0.3, 0.4) is 0 Å². The van der Waals surface area contributed by atoms with E-state index in [-0.39, 0.29) is 5.91 Å². The summed E-state index contributed by atoms with van der Waals surface area (Å²) in [5.74, 6) is 1.77. The second-order valence-corrected chi connectivity index (χ2v) is 6.53. The van der Waals surface area contributed by atoms with Crippen molar-refractivity contribution in [3.63, 3.8) is 0 Å². The van der Waals surface area contributed by atoms with Gasteiger partial charge < -0.3 is 10.1 Å². The third-order valence-corrected chi connectivity index (χ3v) is 4.53. The zero-order chi connectivity index (χ0) is 16.5. The second kappa shape index (κ2) is 9.26. The highest BCUT2D eigenvalue weighted by Crippen LogP contribution is 2.18. The normalized spacial score (nSPS) is 10.3. The van der Waals surface area contributed by atoms with Gasteiger partial charge in [-0.1, -0.05) is 29.8 Å². The number of carbonyl (C=O) groups is 1. The number of hydrogen-bond donors (Lipinski definition) is 1. The standard InChI is InChI=1S/C19H23NO2S/c1-15-3-9-18(10-4-15)23-14-12-19(21)20-13-11-16-5-7-17(22-2)8-6-16/h3-10H,11-14H2,1-2H3,(H,20,21). The summed E-state index contributed by atoms with van der Waals surface area (Å²) in [6.45, 7) is 2.74. The van der Waals surface area contributed by atoms with Crippen molar-refractivity contribution >= 4 is 17.7 Å². The number of benzene rings is 2. The molecule has 0 radical (unpaired) electrons. The van der Waals surface area contributed by atoms with Crippen LogP contribution < -0.4 is 10.1 Å². The zero-order valence-electron chi connectivity index (χ0n) is 13.7. The maximum atomic E-state index is 11.8. The highest BCUT2D eigenvalue weighted by atomic mass is 32.2. The van der Waals surface area contributed by atoms with E-state index in [2.05, 4.69) is 36.5 Å². The third kappa shape index (κ3) is 6.37. The van der Waals surface area contributed by atoms with Gasteiger partial charge in [-0.3, -0.25) is 4.79 Å². The molecule has 0 aliphatic rings. The van der Waals surface area contributed by atoms with Gasteiger partial charge in [-0.15, -0.1) is 11.8 Å². The Morgan fingerprint density at radius 3 is 2.43 bits per heavy atom. The molecule has 122 valence electrons. The van der Waals surface area contributed by atoms with Gasteiger partial charge in [0.2, 0.25) is 5.91 Å². The number of amides is 1. The van der Waals surface area contributed by atoms with E-state index in [0.717, 1.165) is 17.9 Å². The smallest absolute Gasteiger partial charge is 0.220 e. The number of nitrogens with one attached hydrogen (secondary N) is 1. The molecule has 0 spiro atoms. The van der Waals surface area contributed by atoms with Gasteiger partial charge in [-0.05, 0) is 43.2 Å². The molecule has 2 rings (SSSR count). The highest BCUT2D eigenvalue weighted by molar-refractivity contribution is 7.99. The molecule has 0 aromatic heterocycles. The summed E-state index contributed by atoms with van der Waals surface area (Å²) in [5, 5.41) is 2.97. The fraction of sp³-hybridized carbons (Fsp3) is 0.316. The number of hydrogen-bond acceptors (Lipinski definition) is 3. The van der Waals surface area contributed by atoms with Crippen molar-refractivity contribution in [2.24, 2.45) is 0 Å². The number of rotatable bonds is 8. The predicted molar refractivity (Wildman–Crippen MR) is 96.2 cm³/mol. The van der Waals surface area contributed by atoms with Crippen LogP contribution in [-0.2, 0) is 11.2 Å². The van der Waals surface area contributed by atoms with Crippen LogP contribution in [0.1, 0.15) is 17.5 Å². The van der Waals surface area contributed by atoms with Gasteiger partial charge in [0.25, 0.3) is 0 Å². The lowest BCUT2D eigenvalue weighted by Gasteiger charge is -2.06. The molecule has 0 saturated heterocycles. The van der Waals surface area contributed by atoms with E-state index in [1.54, 1.807) is 18.9 Å². The van der Waals surface area contributed by atoms with Gasteiger partial charge in [-0.25, -0.2) is 0 Å². The fourth-order valence-electron chi connectivity index (χ4n) is 2.12. The van der Waals surface area contributed by atoms with Crippen molar-refractivity contribution in [1.82, 2.24) is 5.32 Å². The van der Waals surface area contributed by atoms with Gasteiger partial charge in [0, 0.05) is 23.6 Å². The monoisotopic (exact) mass is 329 g/mol. The topological polar surface area (TPSA) is 38.3 Å². The lowest BCUT2D eigenvalue weighted by atomic mass is 10.1. The molecule has 0 saturated carbocycles. The van der Waals surface area contributed by atoms with Crippen LogP contribution in [0.4, 0.5) is 0 Å². The molecule has 23 heavy (non-hydrogen) atoms. The number of methoxy groups -OCH3 is 1. The summed E-state index contributed by atoms with van der Waals surface area (Å²) in [6.07, 6.45) is 1.38. The third-order valence-electron chi connectivity index (χ3n) is 3.51. The molecule has 0 fully saturated rings. The van der Waals surface area contributed by atoms with Crippen LogP contribution >= 0.6 is 11.8 Å². The van der Waals surface area contributed by atoms with E-state index in [1.807, 2.05) is 24.3 Å². The van der Waals surface area contributed by atoms with Gasteiger partial charge >= 0.3 is 0 Å². The molecule has 0 aliphatic heterocycles. The Kier molecular flexibility index (Phi) is 7.01. The molecular formula is C19H23NO2S. The summed E-state index contributed by atoms with van der Waals surface area (Å²) in [4.78, 5) is 13.0. The Labute approximate surface area is 142 Å². The Bertz CT molecular complexity index is 608. The van der Waals surface area contributed by atoms with Crippen molar-refractivity contribution in [2.75, 3.05) is 19.4 Å². The van der Waals surface area contributed by atoms with Crippen molar-refractivity contribution in [3.05, 3.63) is 59.7 Å². The quantitative estimate of drug-likeness (QED) is 0.748. The van der Waals surface area contributed by atoms with Crippen LogP contribution in [0, 0.1) is 6.92 Å². The van der Waals surface area contributed by atoms with Gasteiger partial charge in [0.15, 0.2) is 0 Å². The Morgan fingerprint density at radius 2 is 1.78 bits per heavy atom. The summed E-state index contributed by atoms with van der Waals surface area (Å²) in [7, 11) is 1.66. The summed E-state index contributed by atoms with van der Waals surface area (Å²) < 4.78 is 5.13. The Balaban J connectivity index is 1.62. The maximum Gasteiger partial charge on any atom is 0.220 e. The lowest BCUT2D eigenvalue weighted by Crippen LogP contribution is -2.25. The van der Waals surface area contributed by atoms with Crippen LogP contribution in [0.15, 0.2) is 53.4 Å². The minimum absolute atomic E-state index is 0.109. The van der Waals surface area contributed by atoms with E-state index < -0.39 is 0 Å². The van der Waals surface area contributed by atoms with Crippen molar-refractivity contribution in [3.8, 4) is 5.75 Å². The van der Waals surface area contributed by atoms with Crippen molar-refractivity contribution < 1.29 is 9.53 Å². The lowest BCUT2D eigenvalue weighted by molar-refractivity contribution is -0.120. The average Bonchev–Trinajstić information content (AvgIpc) is 2.57. The molecule has 0 bridgehead atoms. The van der Waals surface area contributed by atoms with Crippen LogP contribution in [0.5, 0.6) is 5.75 Å². The highest BCUT2D eigenvalue weighted by Gasteiger charge is 2.02. The number of thioether (sulfide) groups is 1. The van der Waals surface area contributed by atoms with E-state index in [1.165, 1.54) is 16.0 Å². The molecule has 4 heteroatoms. The van der Waals surface area contributed by atoms with Gasteiger partial charge in [-0.2, -0.15) is 0 Å². The zero-order valence-corrected chi connectivity index (χ0v) is 14.5. The first-order chi connectivity index (χ1) is 11.2. The SMILES string of the molecule is COc1ccc(CCNC(=O)CCSc2ccc(C)cc2)cc1. The molecular weight excluding hydrogens is 306 g/mol. The number of carbonyl (C=O) groups excluding carboxylic acids is 1. The van der Waals surface area contributed by atoms with E-state index in [4.69, 9.17) is 4.74 Å². The molecule has 0 aliphatic carbocycles. The summed E-state index contributed by atoms with van der Waals surface area (Å²) in [5.41, 5.74) is 2.45. The molecule has 3 nitrogen and oxygen atoms in total. The predicted octanol–water partition coefficient (Wildman–Crippen LogP) is 3.84. The first-order valence-electron chi connectivity index (χ1n) is 7.76. The Hall–Kier alpha value is -1.94. The van der Waals surface area contributed by atoms with E-state index >= 15 is 0 Å². The van der Waals surface area contributed by atoms with Crippen LogP contribution in [-0.4, -0.2) is 25.3 Å². The summed E-state index contributed by atoms with van der Waals surface area (Å²) >= 11 is 1.72. The second-order valence-electron chi connectivity index (χ2n) is 5.36. The van der Waals surface area contributed by atoms with Crippen molar-refractivity contribution in [2.45, 2.75) is 24.7 Å². The number of ether oxygens (including phenoxy) is 1. The summed E-state index contributed by atoms with van der Waals surface area (Å²) in [6, 6.07) is 16.3. The van der Waals surface area contributed by atoms with E-state index in [9.17, 15) is 4.79 Å². The number of aryl methyl sites for hydroxylation is 1. The van der Waals surface area contributed by atoms with Gasteiger partial charge in [0.1, 0.15) is 5.75 Å². The van der Waals surface area contributed by atoms with Gasteiger partial charge in [0.05, 0.1) is 7.11 Å². The molecule has 0 heterocycles. The van der Waals surface area contributed by atoms with Crippen LogP contribution in [0.25, 0.3) is 0 Å². The average molecular weight is 329 g/mol. The fourth-order valence-corrected chi connectivity index (χ4v) is 2.97. The largest absolute Gasteiger partial charge is 0.497 e. The van der Waals surface area contributed by atoms with Crippen molar-refractivity contribution in [1.29, 1.82) is 0 Å². The molecule has 0 unspecified atom stereocenters. The first-order valence-corrected chi connectivity index (χ1v) is 8.75. The minimum Gasteiger partial charge on any atom is -0.497 e. The molecule has 0 atom stereocenters. The molecule has 1 amide bonds. The molecule has 2 aromatic carbocycles. The van der Waals surface area contributed by atoms with E-state index in [0.29, 0.717) is 13.0 Å².